The van der Waals surface area contributed by atoms with E-state index in [4.69, 9.17) is 0 Å². The van der Waals surface area contributed by atoms with Crippen molar-refractivity contribution in [2.24, 2.45) is 0 Å². The van der Waals surface area contributed by atoms with Crippen LogP contribution in [-0.4, -0.2) is 20.2 Å². The Labute approximate surface area is 164 Å². The third-order valence-corrected chi connectivity index (χ3v) is 6.48. The van der Waals surface area contributed by atoms with Gasteiger partial charge in [0.2, 0.25) is 0 Å². The molecule has 3 aromatic heterocycles. The number of hydrogen-bond acceptors (Lipinski definition) is 8. The van der Waals surface area contributed by atoms with Gasteiger partial charge in [-0.05, 0) is 44.7 Å². The van der Waals surface area contributed by atoms with Crippen LogP contribution in [0, 0.1) is 6.92 Å². The van der Waals surface area contributed by atoms with Gasteiger partial charge in [-0.15, -0.1) is 21.5 Å². The van der Waals surface area contributed by atoms with E-state index in [0.717, 1.165) is 46.0 Å². The fourth-order valence-corrected chi connectivity index (χ4v) is 4.94. The van der Waals surface area contributed by atoms with Crippen LogP contribution >= 0.6 is 22.7 Å². The van der Waals surface area contributed by atoms with Gasteiger partial charge < -0.3 is 10.6 Å². The predicted molar refractivity (Wildman–Crippen MR) is 112 cm³/mol. The zero-order valence-electron chi connectivity index (χ0n) is 14.8. The lowest BCUT2D eigenvalue weighted by atomic mass is 9.92. The zero-order chi connectivity index (χ0) is 18.2. The minimum Gasteiger partial charge on any atom is -0.314 e. The molecule has 136 valence electrons. The molecular weight excluding hydrogens is 376 g/mol. The molecule has 0 unspecified atom stereocenters. The van der Waals surface area contributed by atoms with Gasteiger partial charge in [0.05, 0.1) is 15.9 Å². The van der Waals surface area contributed by atoms with Gasteiger partial charge in [0.25, 0.3) is 0 Å². The maximum atomic E-state index is 4.67. The van der Waals surface area contributed by atoms with Gasteiger partial charge >= 0.3 is 0 Å². The molecule has 1 aromatic carbocycles. The lowest BCUT2D eigenvalue weighted by Crippen LogP contribution is -2.13. The van der Waals surface area contributed by atoms with E-state index in [1.807, 2.05) is 30.5 Å². The molecule has 0 spiro atoms. The standard InChI is InChI=1S/C19H18N6S2/c1-11-10-26-18(20-11)22-16-12-6-2-3-7-13(12)17(25-24-16)23-19-21-14-8-4-5-9-15(14)27-19/h4-5,8-10H,2-3,6-7H2,1H3,(H,20,22,24)(H,21,23,25). The van der Waals surface area contributed by atoms with E-state index >= 15 is 0 Å². The molecule has 0 saturated heterocycles. The van der Waals surface area contributed by atoms with Gasteiger partial charge in [0, 0.05) is 16.5 Å². The summed E-state index contributed by atoms with van der Waals surface area (Å²) in [6, 6.07) is 8.16. The number of rotatable bonds is 4. The van der Waals surface area contributed by atoms with Gasteiger partial charge in [0.1, 0.15) is 0 Å². The molecule has 0 fully saturated rings. The third kappa shape index (κ3) is 3.26. The van der Waals surface area contributed by atoms with Crippen molar-refractivity contribution in [2.75, 3.05) is 10.6 Å². The fourth-order valence-electron chi connectivity index (χ4n) is 3.39. The van der Waals surface area contributed by atoms with Crippen LogP contribution in [0.5, 0.6) is 0 Å². The van der Waals surface area contributed by atoms with Crippen molar-refractivity contribution in [1.82, 2.24) is 20.2 Å². The highest BCUT2D eigenvalue weighted by molar-refractivity contribution is 7.22. The van der Waals surface area contributed by atoms with E-state index in [9.17, 15) is 0 Å². The van der Waals surface area contributed by atoms with Crippen LogP contribution in [0.1, 0.15) is 29.7 Å². The van der Waals surface area contributed by atoms with Crippen LogP contribution in [0.2, 0.25) is 0 Å². The van der Waals surface area contributed by atoms with E-state index in [-0.39, 0.29) is 0 Å². The molecule has 0 bridgehead atoms. The lowest BCUT2D eigenvalue weighted by molar-refractivity contribution is 0.679. The quantitative estimate of drug-likeness (QED) is 0.494. The Morgan fingerprint density at radius 2 is 1.59 bits per heavy atom. The Morgan fingerprint density at radius 1 is 0.889 bits per heavy atom. The van der Waals surface area contributed by atoms with Crippen molar-refractivity contribution in [3.05, 3.63) is 46.5 Å². The van der Waals surface area contributed by atoms with Gasteiger partial charge in [0.15, 0.2) is 21.9 Å². The molecule has 5 rings (SSSR count). The fraction of sp³-hybridized carbons (Fsp3) is 0.263. The average Bonchev–Trinajstić information content (AvgIpc) is 3.29. The summed E-state index contributed by atoms with van der Waals surface area (Å²) >= 11 is 3.23. The molecule has 0 amide bonds. The Bertz CT molecular complexity index is 1080. The first-order chi connectivity index (χ1) is 13.3. The van der Waals surface area contributed by atoms with Crippen molar-refractivity contribution >= 4 is 54.8 Å². The highest BCUT2D eigenvalue weighted by atomic mass is 32.1. The van der Waals surface area contributed by atoms with Crippen LogP contribution in [0.25, 0.3) is 10.2 Å². The number of benzene rings is 1. The van der Waals surface area contributed by atoms with Crippen molar-refractivity contribution in [3.8, 4) is 0 Å². The summed E-state index contributed by atoms with van der Waals surface area (Å²) in [6.45, 7) is 1.99. The van der Waals surface area contributed by atoms with E-state index in [2.05, 4.69) is 36.9 Å². The summed E-state index contributed by atoms with van der Waals surface area (Å²) in [6.07, 6.45) is 4.35. The summed E-state index contributed by atoms with van der Waals surface area (Å²) < 4.78 is 1.17. The van der Waals surface area contributed by atoms with E-state index in [1.165, 1.54) is 28.7 Å². The van der Waals surface area contributed by atoms with E-state index in [0.29, 0.717) is 0 Å². The number of aryl methyl sites for hydroxylation is 1. The summed E-state index contributed by atoms with van der Waals surface area (Å²) in [5.74, 6) is 1.65. The second-order valence-corrected chi connectivity index (χ2v) is 8.48. The number of anilines is 4. The Kier molecular flexibility index (Phi) is 4.21. The number of hydrogen-bond donors (Lipinski definition) is 2. The molecule has 1 aliphatic rings. The molecule has 4 aromatic rings. The van der Waals surface area contributed by atoms with Gasteiger partial charge in [-0.25, -0.2) is 9.97 Å². The average molecular weight is 395 g/mol. The Balaban J connectivity index is 1.49. The van der Waals surface area contributed by atoms with Crippen molar-refractivity contribution in [1.29, 1.82) is 0 Å². The summed E-state index contributed by atoms with van der Waals surface area (Å²) in [7, 11) is 0. The molecule has 6 nitrogen and oxygen atoms in total. The van der Waals surface area contributed by atoms with Crippen LogP contribution in [0.4, 0.5) is 21.9 Å². The monoisotopic (exact) mass is 394 g/mol. The normalized spacial score (nSPS) is 13.5. The molecule has 0 saturated carbocycles. The molecule has 1 aliphatic carbocycles. The molecule has 27 heavy (non-hydrogen) atoms. The number of nitrogens with one attached hydrogen (secondary N) is 2. The van der Waals surface area contributed by atoms with Crippen molar-refractivity contribution < 1.29 is 0 Å². The maximum absolute atomic E-state index is 4.67. The Morgan fingerprint density at radius 3 is 2.26 bits per heavy atom. The minimum atomic E-state index is 0.824. The van der Waals surface area contributed by atoms with E-state index in [1.54, 1.807) is 22.7 Å². The Hall–Kier alpha value is -2.58. The number of nitrogens with zero attached hydrogens (tertiary/aromatic N) is 4. The molecular formula is C19H18N6S2. The third-order valence-electron chi connectivity index (χ3n) is 4.65. The second-order valence-electron chi connectivity index (χ2n) is 6.59. The van der Waals surface area contributed by atoms with Gasteiger partial charge in [-0.1, -0.05) is 23.5 Å². The smallest absolute Gasteiger partial charge is 0.189 e. The largest absolute Gasteiger partial charge is 0.314 e. The minimum absolute atomic E-state index is 0.824. The lowest BCUT2D eigenvalue weighted by Gasteiger charge is -2.20. The van der Waals surface area contributed by atoms with Gasteiger partial charge in [-0.2, -0.15) is 0 Å². The molecule has 2 N–H and O–H groups in total. The van der Waals surface area contributed by atoms with E-state index < -0.39 is 0 Å². The summed E-state index contributed by atoms with van der Waals surface area (Å²) in [4.78, 5) is 9.15. The molecule has 0 radical (unpaired) electrons. The highest BCUT2D eigenvalue weighted by Crippen LogP contribution is 2.35. The maximum Gasteiger partial charge on any atom is 0.189 e. The number of thiazole rings is 2. The van der Waals surface area contributed by atoms with Crippen LogP contribution in [-0.2, 0) is 12.8 Å². The topological polar surface area (TPSA) is 75.6 Å². The first kappa shape index (κ1) is 16.6. The molecule has 0 aliphatic heterocycles. The van der Waals surface area contributed by atoms with Crippen LogP contribution in [0.3, 0.4) is 0 Å². The van der Waals surface area contributed by atoms with Crippen LogP contribution in [0.15, 0.2) is 29.6 Å². The summed E-state index contributed by atoms with van der Waals surface area (Å²) in [5, 5.41) is 19.5. The highest BCUT2D eigenvalue weighted by Gasteiger charge is 2.21. The second kappa shape index (κ2) is 6.86. The van der Waals surface area contributed by atoms with Crippen molar-refractivity contribution in [2.45, 2.75) is 32.6 Å². The zero-order valence-corrected chi connectivity index (χ0v) is 16.5. The summed E-state index contributed by atoms with van der Waals surface area (Å²) in [5.41, 5.74) is 4.50. The van der Waals surface area contributed by atoms with Gasteiger partial charge in [-0.3, -0.25) is 0 Å². The number of aromatic nitrogens is 4. The first-order valence-corrected chi connectivity index (χ1v) is 10.7. The number of fused-ring (bicyclic) bond motifs is 2. The van der Waals surface area contributed by atoms with Crippen LogP contribution < -0.4 is 10.6 Å². The predicted octanol–water partition coefficient (Wildman–Crippen LogP) is 5.22. The molecule has 8 heteroatoms. The molecule has 0 atom stereocenters. The number of para-hydroxylation sites is 1. The molecule has 3 heterocycles. The van der Waals surface area contributed by atoms with Crippen molar-refractivity contribution in [3.63, 3.8) is 0 Å². The SMILES string of the molecule is Cc1csc(Nc2nnc(Nc3nc4ccccc4s3)c3c2CCCC3)n1. The first-order valence-electron chi connectivity index (χ1n) is 8.96.